The van der Waals surface area contributed by atoms with Crippen LogP contribution in [0.5, 0.6) is 0 Å². The molecular weight excluding hydrogens is 396 g/mol. The van der Waals surface area contributed by atoms with Crippen molar-refractivity contribution in [2.75, 3.05) is 64.5 Å². The van der Waals surface area contributed by atoms with Crippen LogP contribution in [-0.4, -0.2) is 82.4 Å². The summed E-state index contributed by atoms with van der Waals surface area (Å²) in [7, 11) is 2.13. The van der Waals surface area contributed by atoms with Gasteiger partial charge < -0.3 is 25.0 Å². The van der Waals surface area contributed by atoms with Crippen molar-refractivity contribution in [3.8, 4) is 0 Å². The molecule has 3 aliphatic heterocycles. The third-order valence-electron chi connectivity index (χ3n) is 6.50. The lowest BCUT2D eigenvalue weighted by molar-refractivity contribution is -0.139. The largest absolute Gasteiger partial charge is 0.379 e. The van der Waals surface area contributed by atoms with Crippen molar-refractivity contribution in [3.63, 3.8) is 0 Å². The lowest BCUT2D eigenvalue weighted by atomic mass is 9.95. The summed E-state index contributed by atoms with van der Waals surface area (Å²) in [6.45, 7) is 5.56. The van der Waals surface area contributed by atoms with Crippen LogP contribution in [0.2, 0.25) is 0 Å². The first-order valence-electron chi connectivity index (χ1n) is 11.4. The monoisotopic (exact) mass is 430 g/mol. The second-order valence-electron chi connectivity index (χ2n) is 8.63. The normalized spacial score (nSPS) is 22.6. The number of fused-ring (bicyclic) bond motifs is 1. The van der Waals surface area contributed by atoms with Crippen molar-refractivity contribution in [2.45, 2.75) is 37.8 Å². The van der Waals surface area contributed by atoms with Gasteiger partial charge >= 0.3 is 11.8 Å². The quantitative estimate of drug-likeness (QED) is 0.652. The smallest absolute Gasteiger partial charge is 0.309 e. The standard InChI is InChI=1S/C23H34N4O4/c1-26-8-2-4-17-14-18(6-7-20(17)26)21(27-9-12-30-13-10-27)16-25-23(29)22(28)24-15-19-5-3-11-31-19/h6-7,14,19,21H,2-5,8-13,15-16H2,1H3,(H,24,28)(H,25,29). The fourth-order valence-electron chi connectivity index (χ4n) is 4.72. The number of benzene rings is 1. The van der Waals surface area contributed by atoms with Crippen LogP contribution in [-0.2, 0) is 25.5 Å². The van der Waals surface area contributed by atoms with Crippen LogP contribution in [0.4, 0.5) is 5.69 Å². The molecule has 4 rings (SSSR count). The van der Waals surface area contributed by atoms with Gasteiger partial charge in [0.2, 0.25) is 0 Å². The first kappa shape index (κ1) is 22.0. The number of ether oxygens (including phenoxy) is 2. The number of amides is 2. The lowest BCUT2D eigenvalue weighted by Gasteiger charge is -2.36. The Morgan fingerprint density at radius 3 is 2.68 bits per heavy atom. The predicted molar refractivity (Wildman–Crippen MR) is 118 cm³/mol. The molecule has 0 bridgehead atoms. The Morgan fingerprint density at radius 1 is 1.10 bits per heavy atom. The minimum atomic E-state index is -0.594. The molecule has 0 aliphatic carbocycles. The highest BCUT2D eigenvalue weighted by Crippen LogP contribution is 2.30. The maximum atomic E-state index is 12.4. The first-order chi connectivity index (χ1) is 15.1. The van der Waals surface area contributed by atoms with Crippen molar-refractivity contribution in [1.29, 1.82) is 0 Å². The zero-order valence-corrected chi connectivity index (χ0v) is 18.4. The molecule has 8 nitrogen and oxygen atoms in total. The van der Waals surface area contributed by atoms with Crippen molar-refractivity contribution in [3.05, 3.63) is 29.3 Å². The highest BCUT2D eigenvalue weighted by atomic mass is 16.5. The summed E-state index contributed by atoms with van der Waals surface area (Å²) in [4.78, 5) is 29.3. The molecule has 31 heavy (non-hydrogen) atoms. The summed E-state index contributed by atoms with van der Waals surface area (Å²) in [5.41, 5.74) is 3.81. The second-order valence-corrected chi connectivity index (χ2v) is 8.63. The summed E-state index contributed by atoms with van der Waals surface area (Å²) in [6.07, 6.45) is 4.17. The van der Waals surface area contributed by atoms with E-state index in [1.54, 1.807) is 0 Å². The molecule has 1 aromatic carbocycles. The summed E-state index contributed by atoms with van der Waals surface area (Å²) in [6, 6.07) is 6.63. The Bertz CT molecular complexity index is 775. The number of carbonyl (C=O) groups excluding carboxylic acids is 2. The van der Waals surface area contributed by atoms with E-state index in [9.17, 15) is 9.59 Å². The number of morpholine rings is 1. The van der Waals surface area contributed by atoms with Crippen LogP contribution in [0.25, 0.3) is 0 Å². The van der Waals surface area contributed by atoms with Crippen LogP contribution in [0.15, 0.2) is 18.2 Å². The first-order valence-corrected chi connectivity index (χ1v) is 11.4. The van der Waals surface area contributed by atoms with Gasteiger partial charge in [-0.2, -0.15) is 0 Å². The Labute approximate surface area is 184 Å². The Balaban J connectivity index is 1.40. The average Bonchev–Trinajstić information content (AvgIpc) is 3.32. The van der Waals surface area contributed by atoms with Gasteiger partial charge in [0.15, 0.2) is 0 Å². The zero-order valence-electron chi connectivity index (χ0n) is 18.4. The van der Waals surface area contributed by atoms with Crippen molar-refractivity contribution in [1.82, 2.24) is 15.5 Å². The molecule has 170 valence electrons. The van der Waals surface area contributed by atoms with Gasteiger partial charge in [-0.15, -0.1) is 0 Å². The van der Waals surface area contributed by atoms with E-state index < -0.39 is 11.8 Å². The lowest BCUT2D eigenvalue weighted by Crippen LogP contribution is -2.47. The predicted octanol–water partition coefficient (Wildman–Crippen LogP) is 0.854. The molecule has 2 saturated heterocycles. The minimum absolute atomic E-state index is 0.0105. The maximum absolute atomic E-state index is 12.4. The summed E-state index contributed by atoms with van der Waals surface area (Å²) in [5, 5.41) is 5.56. The van der Waals surface area contributed by atoms with Gasteiger partial charge in [0.25, 0.3) is 0 Å². The number of rotatable bonds is 6. The fourth-order valence-corrected chi connectivity index (χ4v) is 4.72. The molecule has 0 aromatic heterocycles. The molecule has 0 radical (unpaired) electrons. The van der Waals surface area contributed by atoms with Crippen molar-refractivity contribution >= 4 is 17.5 Å². The number of hydrogen-bond donors (Lipinski definition) is 2. The van der Waals surface area contributed by atoms with Crippen LogP contribution >= 0.6 is 0 Å². The molecule has 3 heterocycles. The molecule has 2 atom stereocenters. The molecular formula is C23H34N4O4. The van der Waals surface area contributed by atoms with E-state index in [1.807, 2.05) is 0 Å². The van der Waals surface area contributed by atoms with Gasteiger partial charge in [0, 0.05) is 52.1 Å². The minimum Gasteiger partial charge on any atom is -0.379 e. The molecule has 2 unspecified atom stereocenters. The number of aryl methyl sites for hydroxylation is 1. The van der Waals surface area contributed by atoms with E-state index >= 15 is 0 Å². The SMILES string of the molecule is CN1CCCc2cc(C(CNC(=O)C(=O)NCC3CCCO3)N3CCOCC3)ccc21. The highest BCUT2D eigenvalue weighted by molar-refractivity contribution is 6.35. The van der Waals surface area contributed by atoms with Gasteiger partial charge in [0.05, 0.1) is 25.4 Å². The third kappa shape index (κ3) is 5.56. The molecule has 3 aliphatic rings. The highest BCUT2D eigenvalue weighted by Gasteiger charge is 2.26. The maximum Gasteiger partial charge on any atom is 0.309 e. The van der Waals surface area contributed by atoms with Crippen LogP contribution < -0.4 is 15.5 Å². The number of hydrogen-bond acceptors (Lipinski definition) is 6. The van der Waals surface area contributed by atoms with E-state index in [1.165, 1.54) is 16.8 Å². The molecule has 8 heteroatoms. The molecule has 1 aromatic rings. The summed E-state index contributed by atoms with van der Waals surface area (Å²) in [5.74, 6) is -1.18. The number of nitrogens with one attached hydrogen (secondary N) is 2. The Kier molecular flexibility index (Phi) is 7.42. The Morgan fingerprint density at radius 2 is 1.90 bits per heavy atom. The van der Waals surface area contributed by atoms with E-state index in [0.29, 0.717) is 26.3 Å². The van der Waals surface area contributed by atoms with Crippen LogP contribution in [0.1, 0.15) is 36.4 Å². The molecule has 2 fully saturated rings. The average molecular weight is 431 g/mol. The van der Waals surface area contributed by atoms with Crippen LogP contribution in [0.3, 0.4) is 0 Å². The molecule has 0 saturated carbocycles. The third-order valence-corrected chi connectivity index (χ3v) is 6.50. The van der Waals surface area contributed by atoms with E-state index in [4.69, 9.17) is 9.47 Å². The topological polar surface area (TPSA) is 83.1 Å². The van der Waals surface area contributed by atoms with Gasteiger partial charge in [-0.25, -0.2) is 0 Å². The number of carbonyl (C=O) groups is 2. The van der Waals surface area contributed by atoms with E-state index in [-0.39, 0.29) is 12.1 Å². The van der Waals surface area contributed by atoms with Crippen molar-refractivity contribution in [2.24, 2.45) is 0 Å². The van der Waals surface area contributed by atoms with Crippen molar-refractivity contribution < 1.29 is 19.1 Å². The summed E-state index contributed by atoms with van der Waals surface area (Å²) < 4.78 is 11.0. The Hall–Kier alpha value is -2.16. The van der Waals surface area contributed by atoms with E-state index in [0.717, 1.165) is 51.9 Å². The zero-order chi connectivity index (χ0) is 21.6. The molecule has 0 spiro atoms. The van der Waals surface area contributed by atoms with Gasteiger partial charge in [-0.05, 0) is 42.9 Å². The fraction of sp³-hybridized carbons (Fsp3) is 0.652. The van der Waals surface area contributed by atoms with E-state index in [2.05, 4.69) is 45.7 Å². The second kappa shape index (κ2) is 10.4. The van der Waals surface area contributed by atoms with Gasteiger partial charge in [0.1, 0.15) is 0 Å². The summed E-state index contributed by atoms with van der Waals surface area (Å²) >= 11 is 0. The van der Waals surface area contributed by atoms with Gasteiger partial charge in [-0.1, -0.05) is 12.1 Å². The molecule has 2 amide bonds. The molecule has 2 N–H and O–H groups in total. The van der Waals surface area contributed by atoms with Crippen LogP contribution in [0, 0.1) is 0 Å². The number of nitrogens with zero attached hydrogens (tertiary/aromatic N) is 2. The van der Waals surface area contributed by atoms with Gasteiger partial charge in [-0.3, -0.25) is 14.5 Å². The number of anilines is 1.